The lowest BCUT2D eigenvalue weighted by molar-refractivity contribution is -0.120. The van der Waals surface area contributed by atoms with Crippen LogP contribution in [0.3, 0.4) is 0 Å². The van der Waals surface area contributed by atoms with Crippen LogP contribution in [0.1, 0.15) is 12.8 Å². The summed E-state index contributed by atoms with van der Waals surface area (Å²) in [7, 11) is 4.03. The second kappa shape index (κ2) is 7.60. The molecule has 1 aliphatic heterocycles. The topological polar surface area (TPSA) is 53.6 Å². The molecule has 0 spiro atoms. The van der Waals surface area contributed by atoms with Gasteiger partial charge in [0.1, 0.15) is 0 Å². The molecule has 1 fully saturated rings. The Labute approximate surface area is 97.5 Å². The van der Waals surface area contributed by atoms with Gasteiger partial charge in [-0.2, -0.15) is 0 Å². The van der Waals surface area contributed by atoms with Crippen molar-refractivity contribution in [1.29, 1.82) is 0 Å². The van der Waals surface area contributed by atoms with Gasteiger partial charge in [0.15, 0.2) is 0 Å². The third kappa shape index (κ3) is 6.05. The highest BCUT2D eigenvalue weighted by Gasteiger charge is 2.15. The molecule has 16 heavy (non-hydrogen) atoms. The van der Waals surface area contributed by atoms with Crippen molar-refractivity contribution in [1.82, 2.24) is 15.5 Å². The highest BCUT2D eigenvalue weighted by molar-refractivity contribution is 5.77. The molecule has 1 amide bonds. The van der Waals surface area contributed by atoms with Crippen LogP contribution in [0, 0.1) is 0 Å². The molecule has 5 nitrogen and oxygen atoms in total. The van der Waals surface area contributed by atoms with Crippen LogP contribution in [-0.2, 0) is 9.53 Å². The first-order valence-corrected chi connectivity index (χ1v) is 5.92. The zero-order chi connectivity index (χ0) is 11.8. The molecule has 0 aliphatic carbocycles. The van der Waals surface area contributed by atoms with Crippen LogP contribution >= 0.6 is 0 Å². The molecule has 1 unspecified atom stereocenters. The van der Waals surface area contributed by atoms with Gasteiger partial charge < -0.3 is 20.3 Å². The van der Waals surface area contributed by atoms with Gasteiger partial charge in [0.05, 0.1) is 12.6 Å². The van der Waals surface area contributed by atoms with Crippen LogP contribution in [0.4, 0.5) is 0 Å². The highest BCUT2D eigenvalue weighted by Crippen LogP contribution is 2.10. The molecule has 94 valence electrons. The number of likely N-dealkylation sites (N-methyl/N-ethyl adjacent to an activating group) is 1. The predicted octanol–water partition coefficient (Wildman–Crippen LogP) is -0.567. The summed E-state index contributed by atoms with van der Waals surface area (Å²) in [6, 6.07) is 0. The summed E-state index contributed by atoms with van der Waals surface area (Å²) in [5.74, 6) is 0.0502. The van der Waals surface area contributed by atoms with Gasteiger partial charge in [-0.25, -0.2) is 0 Å². The molecular formula is C11H23N3O2. The van der Waals surface area contributed by atoms with Crippen LogP contribution in [-0.4, -0.2) is 63.8 Å². The van der Waals surface area contributed by atoms with E-state index in [1.807, 2.05) is 14.1 Å². The number of carbonyl (C=O) groups excluding carboxylic acids is 1. The molecule has 0 aromatic carbocycles. The molecule has 0 aromatic heterocycles. The lowest BCUT2D eigenvalue weighted by atomic mass is 10.2. The molecule has 1 heterocycles. The average Bonchev–Trinajstić information content (AvgIpc) is 2.74. The smallest absolute Gasteiger partial charge is 0.234 e. The number of carbonyl (C=O) groups is 1. The fourth-order valence-corrected chi connectivity index (χ4v) is 1.60. The van der Waals surface area contributed by atoms with E-state index >= 15 is 0 Å². The van der Waals surface area contributed by atoms with E-state index in [4.69, 9.17) is 4.74 Å². The molecule has 0 aromatic rings. The second-order valence-electron chi connectivity index (χ2n) is 4.42. The van der Waals surface area contributed by atoms with Gasteiger partial charge in [0.2, 0.25) is 5.91 Å². The molecule has 0 bridgehead atoms. The van der Waals surface area contributed by atoms with Crippen molar-refractivity contribution >= 4 is 5.91 Å². The quantitative estimate of drug-likeness (QED) is 0.574. The van der Waals surface area contributed by atoms with Gasteiger partial charge in [-0.05, 0) is 26.9 Å². The Morgan fingerprint density at radius 1 is 1.50 bits per heavy atom. The van der Waals surface area contributed by atoms with Crippen molar-refractivity contribution in [3.8, 4) is 0 Å². The first kappa shape index (κ1) is 13.4. The van der Waals surface area contributed by atoms with E-state index in [9.17, 15) is 4.79 Å². The first-order valence-electron chi connectivity index (χ1n) is 5.92. The van der Waals surface area contributed by atoms with Crippen LogP contribution in [0.5, 0.6) is 0 Å². The van der Waals surface area contributed by atoms with Crippen molar-refractivity contribution < 1.29 is 9.53 Å². The van der Waals surface area contributed by atoms with Crippen molar-refractivity contribution in [2.24, 2.45) is 0 Å². The van der Waals surface area contributed by atoms with E-state index in [1.54, 1.807) is 0 Å². The van der Waals surface area contributed by atoms with Crippen LogP contribution in [0.25, 0.3) is 0 Å². The largest absolute Gasteiger partial charge is 0.376 e. The number of rotatable bonds is 7. The normalized spacial score (nSPS) is 20.3. The van der Waals surface area contributed by atoms with Gasteiger partial charge in [-0.1, -0.05) is 0 Å². The van der Waals surface area contributed by atoms with E-state index in [2.05, 4.69) is 15.5 Å². The number of nitrogens with zero attached hydrogens (tertiary/aromatic N) is 1. The molecule has 2 N–H and O–H groups in total. The Hall–Kier alpha value is -0.650. The maximum atomic E-state index is 11.4. The minimum atomic E-state index is 0.0502. The standard InChI is InChI=1S/C11H23N3O2/c1-14(2)6-5-12-9-11(15)13-8-10-4-3-7-16-10/h10,12H,3-9H2,1-2H3,(H,13,15). The Bertz CT molecular complexity index is 203. The lowest BCUT2D eigenvalue weighted by Crippen LogP contribution is -2.39. The lowest BCUT2D eigenvalue weighted by Gasteiger charge is -2.12. The summed E-state index contributed by atoms with van der Waals surface area (Å²) >= 11 is 0. The van der Waals surface area contributed by atoms with Crippen LogP contribution in [0.15, 0.2) is 0 Å². The summed E-state index contributed by atoms with van der Waals surface area (Å²) in [4.78, 5) is 13.5. The second-order valence-corrected chi connectivity index (χ2v) is 4.42. The zero-order valence-corrected chi connectivity index (χ0v) is 10.3. The SMILES string of the molecule is CN(C)CCNCC(=O)NCC1CCCO1. The Morgan fingerprint density at radius 2 is 2.31 bits per heavy atom. The third-order valence-electron chi connectivity index (χ3n) is 2.57. The maximum absolute atomic E-state index is 11.4. The van der Waals surface area contributed by atoms with Crippen LogP contribution < -0.4 is 10.6 Å². The average molecular weight is 229 g/mol. The summed E-state index contributed by atoms with van der Waals surface area (Å²) in [6.45, 7) is 3.65. The number of ether oxygens (including phenoxy) is 1. The number of hydrogen-bond donors (Lipinski definition) is 2. The number of nitrogens with one attached hydrogen (secondary N) is 2. The monoisotopic (exact) mass is 229 g/mol. The minimum Gasteiger partial charge on any atom is -0.376 e. The number of amides is 1. The molecule has 5 heteroatoms. The summed E-state index contributed by atoms with van der Waals surface area (Å²) in [5.41, 5.74) is 0. The fourth-order valence-electron chi connectivity index (χ4n) is 1.60. The Balaban J connectivity index is 1.94. The molecule has 1 rings (SSSR count). The van der Waals surface area contributed by atoms with Crippen molar-refractivity contribution in [3.63, 3.8) is 0 Å². The number of hydrogen-bond acceptors (Lipinski definition) is 4. The van der Waals surface area contributed by atoms with Crippen LogP contribution in [0.2, 0.25) is 0 Å². The first-order chi connectivity index (χ1) is 7.68. The van der Waals surface area contributed by atoms with Crippen molar-refractivity contribution in [2.75, 3.05) is 46.9 Å². The molecule has 1 atom stereocenters. The van der Waals surface area contributed by atoms with Gasteiger partial charge in [-0.3, -0.25) is 4.79 Å². The summed E-state index contributed by atoms with van der Waals surface area (Å²) < 4.78 is 5.42. The minimum absolute atomic E-state index is 0.0502. The molecule has 0 saturated carbocycles. The maximum Gasteiger partial charge on any atom is 0.234 e. The van der Waals surface area contributed by atoms with Gasteiger partial charge in [-0.15, -0.1) is 0 Å². The van der Waals surface area contributed by atoms with E-state index in [-0.39, 0.29) is 12.0 Å². The van der Waals surface area contributed by atoms with E-state index in [0.717, 1.165) is 32.5 Å². The molecule has 1 saturated heterocycles. The predicted molar refractivity (Wildman–Crippen MR) is 63.4 cm³/mol. The summed E-state index contributed by atoms with van der Waals surface area (Å²) in [6.07, 6.45) is 2.40. The van der Waals surface area contributed by atoms with Gasteiger partial charge >= 0.3 is 0 Å². The fraction of sp³-hybridized carbons (Fsp3) is 0.909. The Morgan fingerprint density at radius 3 is 2.94 bits per heavy atom. The molecule has 0 radical (unpaired) electrons. The van der Waals surface area contributed by atoms with E-state index in [1.165, 1.54) is 0 Å². The zero-order valence-electron chi connectivity index (χ0n) is 10.3. The van der Waals surface area contributed by atoms with Gasteiger partial charge in [0, 0.05) is 26.2 Å². The highest BCUT2D eigenvalue weighted by atomic mass is 16.5. The van der Waals surface area contributed by atoms with E-state index < -0.39 is 0 Å². The Kier molecular flexibility index (Phi) is 6.37. The van der Waals surface area contributed by atoms with E-state index in [0.29, 0.717) is 13.1 Å². The van der Waals surface area contributed by atoms with Gasteiger partial charge in [0.25, 0.3) is 0 Å². The molecule has 1 aliphatic rings. The summed E-state index contributed by atoms with van der Waals surface area (Å²) in [5, 5.41) is 5.97. The third-order valence-corrected chi connectivity index (χ3v) is 2.57. The van der Waals surface area contributed by atoms with Crippen molar-refractivity contribution in [2.45, 2.75) is 18.9 Å². The van der Waals surface area contributed by atoms with Crippen molar-refractivity contribution in [3.05, 3.63) is 0 Å². The molecular weight excluding hydrogens is 206 g/mol.